The maximum absolute atomic E-state index is 6.21. The lowest BCUT2D eigenvalue weighted by Gasteiger charge is -2.23. The van der Waals surface area contributed by atoms with Crippen molar-refractivity contribution in [3.8, 4) is 5.75 Å². The van der Waals surface area contributed by atoms with Crippen LogP contribution in [0.15, 0.2) is 12.1 Å². The highest BCUT2D eigenvalue weighted by Crippen LogP contribution is 2.37. The Hall–Kier alpha value is -0.730. The summed E-state index contributed by atoms with van der Waals surface area (Å²) < 4.78 is 5.17. The van der Waals surface area contributed by atoms with Gasteiger partial charge in [0.15, 0.2) is 0 Å². The minimum atomic E-state index is 0.141. The average Bonchev–Trinajstić information content (AvgIpc) is 2.20. The SMILES string of the molecule is COc1ccc2c(c1Cl)CCC[C@H]2N. The minimum absolute atomic E-state index is 0.141. The summed E-state index contributed by atoms with van der Waals surface area (Å²) in [5.41, 5.74) is 8.36. The second kappa shape index (κ2) is 3.79. The standard InChI is InChI=1S/C11H14ClNO/c1-14-10-6-5-7-8(11(10)12)3-2-4-9(7)13/h5-6,9H,2-4,13H2,1H3/t9-/m1/s1. The molecule has 0 aliphatic heterocycles. The van der Waals surface area contributed by atoms with Crippen LogP contribution in [-0.2, 0) is 6.42 Å². The fraction of sp³-hybridized carbons (Fsp3) is 0.455. The number of halogens is 1. The number of ether oxygens (including phenoxy) is 1. The number of rotatable bonds is 1. The van der Waals surface area contributed by atoms with Crippen LogP contribution < -0.4 is 10.5 Å². The molecule has 2 N–H and O–H groups in total. The molecule has 0 bridgehead atoms. The van der Waals surface area contributed by atoms with Gasteiger partial charge in [-0.05, 0) is 36.5 Å². The lowest BCUT2D eigenvalue weighted by molar-refractivity contribution is 0.413. The van der Waals surface area contributed by atoms with Crippen LogP contribution in [0.2, 0.25) is 5.02 Å². The summed E-state index contributed by atoms with van der Waals surface area (Å²) in [5.74, 6) is 0.750. The zero-order chi connectivity index (χ0) is 10.1. The molecule has 0 saturated carbocycles. The molecule has 1 aromatic carbocycles. The lowest BCUT2D eigenvalue weighted by Crippen LogP contribution is -2.17. The third-order valence-electron chi connectivity index (χ3n) is 2.81. The van der Waals surface area contributed by atoms with Gasteiger partial charge in [0.05, 0.1) is 12.1 Å². The highest BCUT2D eigenvalue weighted by Gasteiger charge is 2.20. The maximum atomic E-state index is 6.21. The summed E-state index contributed by atoms with van der Waals surface area (Å²) >= 11 is 6.21. The Morgan fingerprint density at radius 2 is 2.29 bits per heavy atom. The van der Waals surface area contributed by atoms with Crippen LogP contribution in [0, 0.1) is 0 Å². The molecule has 0 unspecified atom stereocenters. The Kier molecular flexibility index (Phi) is 2.66. The van der Waals surface area contributed by atoms with E-state index in [0.717, 1.165) is 30.0 Å². The zero-order valence-electron chi connectivity index (χ0n) is 8.22. The van der Waals surface area contributed by atoms with Crippen molar-refractivity contribution in [1.29, 1.82) is 0 Å². The molecule has 0 saturated heterocycles. The van der Waals surface area contributed by atoms with Crippen LogP contribution in [-0.4, -0.2) is 7.11 Å². The minimum Gasteiger partial charge on any atom is -0.495 e. The first-order valence-electron chi connectivity index (χ1n) is 4.85. The van der Waals surface area contributed by atoms with Gasteiger partial charge in [-0.2, -0.15) is 0 Å². The number of hydrogen-bond donors (Lipinski definition) is 1. The van der Waals surface area contributed by atoms with E-state index in [-0.39, 0.29) is 6.04 Å². The van der Waals surface area contributed by atoms with E-state index >= 15 is 0 Å². The molecule has 3 heteroatoms. The molecule has 1 aliphatic rings. The molecular weight excluding hydrogens is 198 g/mol. The van der Waals surface area contributed by atoms with E-state index in [0.29, 0.717) is 0 Å². The molecule has 0 spiro atoms. The summed E-state index contributed by atoms with van der Waals surface area (Å²) in [7, 11) is 1.64. The zero-order valence-corrected chi connectivity index (χ0v) is 8.97. The Labute approximate surface area is 89.0 Å². The fourth-order valence-corrected chi connectivity index (χ4v) is 2.37. The van der Waals surface area contributed by atoms with Gasteiger partial charge < -0.3 is 10.5 Å². The summed E-state index contributed by atoms with van der Waals surface area (Å²) in [6.07, 6.45) is 3.18. The summed E-state index contributed by atoms with van der Waals surface area (Å²) in [6.45, 7) is 0. The maximum Gasteiger partial charge on any atom is 0.137 e. The molecule has 2 rings (SSSR count). The van der Waals surface area contributed by atoms with Gasteiger partial charge in [-0.1, -0.05) is 17.7 Å². The normalized spacial score (nSPS) is 20.4. The van der Waals surface area contributed by atoms with Crippen LogP contribution in [0.25, 0.3) is 0 Å². The van der Waals surface area contributed by atoms with Crippen LogP contribution in [0.4, 0.5) is 0 Å². The van der Waals surface area contributed by atoms with Gasteiger partial charge >= 0.3 is 0 Å². The molecule has 2 nitrogen and oxygen atoms in total. The van der Waals surface area contributed by atoms with Crippen molar-refractivity contribution in [3.05, 3.63) is 28.3 Å². The molecule has 0 amide bonds. The summed E-state index contributed by atoms with van der Waals surface area (Å²) in [4.78, 5) is 0. The molecule has 0 radical (unpaired) electrons. The first-order chi connectivity index (χ1) is 6.74. The number of methoxy groups -OCH3 is 1. The lowest BCUT2D eigenvalue weighted by atomic mass is 9.88. The van der Waals surface area contributed by atoms with Gasteiger partial charge in [0, 0.05) is 6.04 Å². The number of nitrogens with two attached hydrogens (primary N) is 1. The highest BCUT2D eigenvalue weighted by molar-refractivity contribution is 6.33. The van der Waals surface area contributed by atoms with Gasteiger partial charge in [-0.25, -0.2) is 0 Å². The topological polar surface area (TPSA) is 35.2 Å². The van der Waals surface area contributed by atoms with E-state index in [1.807, 2.05) is 12.1 Å². The monoisotopic (exact) mass is 211 g/mol. The van der Waals surface area contributed by atoms with Crippen molar-refractivity contribution >= 4 is 11.6 Å². The van der Waals surface area contributed by atoms with Crippen LogP contribution in [0.1, 0.15) is 30.0 Å². The van der Waals surface area contributed by atoms with Gasteiger partial charge in [0.25, 0.3) is 0 Å². The van der Waals surface area contributed by atoms with Crippen molar-refractivity contribution in [2.75, 3.05) is 7.11 Å². The molecule has 0 fully saturated rings. The molecule has 0 aromatic heterocycles. The first kappa shape index (κ1) is 9.81. The van der Waals surface area contributed by atoms with Crippen molar-refractivity contribution in [2.45, 2.75) is 25.3 Å². The third kappa shape index (κ3) is 1.49. The third-order valence-corrected chi connectivity index (χ3v) is 3.22. The molecule has 1 aliphatic carbocycles. The smallest absolute Gasteiger partial charge is 0.137 e. The van der Waals surface area contributed by atoms with Gasteiger partial charge in [-0.15, -0.1) is 0 Å². The molecular formula is C11H14ClNO. The highest BCUT2D eigenvalue weighted by atomic mass is 35.5. The van der Waals surface area contributed by atoms with Gasteiger partial charge in [0.1, 0.15) is 5.75 Å². The molecule has 14 heavy (non-hydrogen) atoms. The number of benzene rings is 1. The van der Waals surface area contributed by atoms with Crippen LogP contribution in [0.3, 0.4) is 0 Å². The Balaban J connectivity index is 2.52. The molecule has 76 valence electrons. The van der Waals surface area contributed by atoms with Crippen molar-refractivity contribution in [3.63, 3.8) is 0 Å². The average molecular weight is 212 g/mol. The van der Waals surface area contributed by atoms with E-state index < -0.39 is 0 Å². The van der Waals surface area contributed by atoms with Crippen molar-refractivity contribution in [2.24, 2.45) is 5.73 Å². The van der Waals surface area contributed by atoms with Gasteiger partial charge in [0.2, 0.25) is 0 Å². The van der Waals surface area contributed by atoms with Crippen LogP contribution in [0.5, 0.6) is 5.75 Å². The Bertz CT molecular complexity index is 351. The second-order valence-corrected chi connectivity index (χ2v) is 4.03. The largest absolute Gasteiger partial charge is 0.495 e. The Morgan fingerprint density at radius 3 is 3.00 bits per heavy atom. The molecule has 1 atom stereocenters. The van der Waals surface area contributed by atoms with E-state index in [4.69, 9.17) is 22.1 Å². The molecule has 1 aromatic rings. The fourth-order valence-electron chi connectivity index (χ4n) is 2.03. The Morgan fingerprint density at radius 1 is 1.50 bits per heavy atom. The van der Waals surface area contributed by atoms with Crippen LogP contribution >= 0.6 is 11.6 Å². The number of fused-ring (bicyclic) bond motifs is 1. The summed E-state index contributed by atoms with van der Waals surface area (Å²) in [5, 5.41) is 0.736. The molecule has 0 heterocycles. The second-order valence-electron chi connectivity index (χ2n) is 3.65. The predicted molar refractivity (Wildman–Crippen MR) is 57.9 cm³/mol. The quantitative estimate of drug-likeness (QED) is 0.775. The first-order valence-corrected chi connectivity index (χ1v) is 5.22. The predicted octanol–water partition coefficient (Wildman–Crippen LogP) is 2.68. The van der Waals surface area contributed by atoms with E-state index in [1.54, 1.807) is 7.11 Å². The van der Waals surface area contributed by atoms with Crippen molar-refractivity contribution < 1.29 is 4.74 Å². The van der Waals surface area contributed by atoms with Crippen molar-refractivity contribution in [1.82, 2.24) is 0 Å². The number of hydrogen-bond acceptors (Lipinski definition) is 2. The van der Waals surface area contributed by atoms with Gasteiger partial charge in [-0.3, -0.25) is 0 Å². The summed E-state index contributed by atoms with van der Waals surface area (Å²) in [6, 6.07) is 4.07. The van der Waals surface area contributed by atoms with E-state index in [9.17, 15) is 0 Å². The van der Waals surface area contributed by atoms with E-state index in [2.05, 4.69) is 0 Å². The van der Waals surface area contributed by atoms with E-state index in [1.165, 1.54) is 11.1 Å².